The Bertz CT molecular complexity index is 915. The highest BCUT2D eigenvalue weighted by Gasteiger charge is 2.31. The third-order valence-electron chi connectivity index (χ3n) is 6.03. The second kappa shape index (κ2) is 12.4. The van der Waals surface area contributed by atoms with Gasteiger partial charge in [-0.25, -0.2) is 0 Å². The number of rotatable bonds is 6. The lowest BCUT2D eigenvalue weighted by molar-refractivity contribution is -0.133. The molecule has 0 fully saturated rings. The highest BCUT2D eigenvalue weighted by atomic mass is 16.5. The van der Waals surface area contributed by atoms with Crippen LogP contribution in [0.2, 0.25) is 0 Å². The van der Waals surface area contributed by atoms with Gasteiger partial charge in [-0.1, -0.05) is 34.1 Å². The lowest BCUT2D eigenvalue weighted by Gasteiger charge is -2.27. The highest BCUT2D eigenvalue weighted by Crippen LogP contribution is 2.31. The van der Waals surface area contributed by atoms with E-state index in [0.717, 1.165) is 0 Å². The third-order valence-corrected chi connectivity index (χ3v) is 6.03. The molecule has 2 bridgehead atoms. The van der Waals surface area contributed by atoms with Gasteiger partial charge < -0.3 is 31.2 Å². The minimum Gasteiger partial charge on any atom is -0.496 e. The van der Waals surface area contributed by atoms with Crippen molar-refractivity contribution in [1.29, 1.82) is 0 Å². The van der Waals surface area contributed by atoms with Gasteiger partial charge in [-0.3, -0.25) is 14.4 Å². The number of amides is 3. The average Bonchev–Trinajstić information content (AvgIpc) is 2.80. The summed E-state index contributed by atoms with van der Waals surface area (Å²) in [6, 6.07) is 1.05. The molecule has 9 heteroatoms. The number of fused-ring (bicyclic) bond motifs is 2. The first-order chi connectivity index (χ1) is 16.1. The van der Waals surface area contributed by atoms with E-state index >= 15 is 0 Å². The molecule has 9 nitrogen and oxygen atoms in total. The maximum atomic E-state index is 13.2. The minimum atomic E-state index is -0.908. The molecule has 1 aromatic carbocycles. The lowest BCUT2D eigenvalue weighted by atomic mass is 9.96. The van der Waals surface area contributed by atoms with Gasteiger partial charge in [0.05, 0.1) is 20.3 Å². The van der Waals surface area contributed by atoms with Gasteiger partial charge in [0.15, 0.2) is 0 Å². The number of benzene rings is 1. The highest BCUT2D eigenvalue weighted by molar-refractivity contribution is 5.93. The van der Waals surface area contributed by atoms with Gasteiger partial charge in [0.1, 0.15) is 23.6 Å². The zero-order chi connectivity index (χ0) is 25.4. The van der Waals surface area contributed by atoms with Crippen LogP contribution < -0.4 is 31.2 Å². The molecule has 1 aliphatic rings. The number of carbonyl (C=O) groups excluding carboxylic acids is 3. The van der Waals surface area contributed by atoms with Crippen LogP contribution in [-0.2, 0) is 20.8 Å². The Labute approximate surface area is 201 Å². The molecule has 0 radical (unpaired) electrons. The first-order valence-electron chi connectivity index (χ1n) is 11.7. The van der Waals surface area contributed by atoms with Crippen LogP contribution in [0.3, 0.4) is 0 Å². The number of nitrogens with two attached hydrogens (primary N) is 1. The van der Waals surface area contributed by atoms with Crippen LogP contribution in [0.1, 0.15) is 51.7 Å². The summed E-state index contributed by atoms with van der Waals surface area (Å²) < 4.78 is 10.9. The van der Waals surface area contributed by atoms with Gasteiger partial charge >= 0.3 is 0 Å². The molecule has 34 heavy (non-hydrogen) atoms. The molecular weight excluding hydrogens is 436 g/mol. The SMILES string of the molecule is CCC(C)C1NC(=O)C(N)Cc2cc(c(OC)cc2OC)C=CNC(=O)C(CC(C)C)NC1=O. The van der Waals surface area contributed by atoms with Crippen molar-refractivity contribution in [2.45, 2.75) is 65.1 Å². The quantitative estimate of drug-likeness (QED) is 0.497. The van der Waals surface area contributed by atoms with Crippen LogP contribution in [0.5, 0.6) is 11.5 Å². The van der Waals surface area contributed by atoms with Gasteiger partial charge in [0, 0.05) is 24.3 Å². The Morgan fingerprint density at radius 3 is 2.26 bits per heavy atom. The van der Waals surface area contributed by atoms with Crippen LogP contribution in [0.25, 0.3) is 6.08 Å². The minimum absolute atomic E-state index is 0.156. The maximum Gasteiger partial charge on any atom is 0.246 e. The number of methoxy groups -OCH3 is 2. The average molecular weight is 475 g/mol. The van der Waals surface area contributed by atoms with Crippen LogP contribution in [-0.4, -0.2) is 50.1 Å². The summed E-state index contributed by atoms with van der Waals surface area (Å²) in [5, 5.41) is 8.39. The molecule has 2 rings (SSSR count). The van der Waals surface area contributed by atoms with E-state index in [4.69, 9.17) is 15.2 Å². The number of hydrogen-bond acceptors (Lipinski definition) is 6. The monoisotopic (exact) mass is 474 g/mol. The van der Waals surface area contributed by atoms with E-state index in [1.807, 2.05) is 33.8 Å². The van der Waals surface area contributed by atoms with E-state index in [-0.39, 0.29) is 24.2 Å². The molecule has 5 N–H and O–H groups in total. The van der Waals surface area contributed by atoms with Gasteiger partial charge in [0.2, 0.25) is 17.7 Å². The predicted octanol–water partition coefficient (Wildman–Crippen LogP) is 1.74. The second-order valence-corrected chi connectivity index (χ2v) is 9.12. The van der Waals surface area contributed by atoms with Crippen LogP contribution in [0.15, 0.2) is 18.3 Å². The number of ether oxygens (including phenoxy) is 2. The number of nitrogens with one attached hydrogen (secondary N) is 3. The smallest absolute Gasteiger partial charge is 0.246 e. The van der Waals surface area contributed by atoms with Gasteiger partial charge in [0.25, 0.3) is 0 Å². The normalized spacial score (nSPS) is 22.7. The fourth-order valence-electron chi connectivity index (χ4n) is 3.85. The third kappa shape index (κ3) is 6.96. The van der Waals surface area contributed by atoms with Crippen LogP contribution in [0, 0.1) is 11.8 Å². The lowest BCUT2D eigenvalue weighted by Crippen LogP contribution is -2.57. The molecule has 3 amide bonds. The summed E-state index contributed by atoms with van der Waals surface area (Å²) >= 11 is 0. The molecule has 1 aromatic rings. The van der Waals surface area contributed by atoms with Crippen molar-refractivity contribution in [3.63, 3.8) is 0 Å². The Morgan fingerprint density at radius 1 is 1.00 bits per heavy atom. The fourth-order valence-corrected chi connectivity index (χ4v) is 3.85. The fraction of sp³-hybridized carbons (Fsp3) is 0.560. The standard InChI is InChI=1S/C25H38N4O5/c1-7-15(4)22-25(32)28-19(10-14(2)3)24(31)27-9-8-16-11-17(12-18(26)23(30)29-22)21(34-6)13-20(16)33-5/h8-9,11,13-15,18-19,22H,7,10,12,26H2,1-6H3,(H,27,31)(H,28,32)(H,29,30). The second-order valence-electron chi connectivity index (χ2n) is 9.12. The first kappa shape index (κ1) is 27.2. The Hall–Kier alpha value is -3.07. The van der Waals surface area contributed by atoms with E-state index in [1.54, 1.807) is 12.1 Å². The largest absolute Gasteiger partial charge is 0.496 e. The number of hydrogen-bond donors (Lipinski definition) is 4. The molecule has 0 aliphatic carbocycles. The van der Waals surface area contributed by atoms with Crippen LogP contribution >= 0.6 is 0 Å². The molecule has 0 saturated heterocycles. The van der Waals surface area contributed by atoms with E-state index in [1.165, 1.54) is 20.4 Å². The molecule has 0 saturated carbocycles. The van der Waals surface area contributed by atoms with Crippen LogP contribution in [0.4, 0.5) is 0 Å². The summed E-state index contributed by atoms with van der Waals surface area (Å²) in [6.45, 7) is 7.76. The zero-order valence-corrected chi connectivity index (χ0v) is 20.9. The molecule has 0 aromatic heterocycles. The molecule has 1 aliphatic heterocycles. The summed E-state index contributed by atoms with van der Waals surface area (Å²) in [6.07, 6.45) is 4.51. The van der Waals surface area contributed by atoms with Crippen molar-refractivity contribution in [2.24, 2.45) is 17.6 Å². The topological polar surface area (TPSA) is 132 Å². The molecule has 0 spiro atoms. The molecule has 1 heterocycles. The summed E-state index contributed by atoms with van der Waals surface area (Å²) in [5.41, 5.74) is 7.63. The van der Waals surface area contributed by atoms with Crippen molar-refractivity contribution in [2.75, 3.05) is 14.2 Å². The van der Waals surface area contributed by atoms with Gasteiger partial charge in [-0.2, -0.15) is 0 Å². The van der Waals surface area contributed by atoms with E-state index in [2.05, 4.69) is 16.0 Å². The van der Waals surface area contributed by atoms with Gasteiger partial charge in [-0.15, -0.1) is 0 Å². The summed E-state index contributed by atoms with van der Waals surface area (Å²) in [7, 11) is 3.07. The Balaban J connectivity index is 2.53. The van der Waals surface area contributed by atoms with E-state index in [0.29, 0.717) is 35.5 Å². The van der Waals surface area contributed by atoms with Crippen molar-refractivity contribution < 1.29 is 23.9 Å². The Kier molecular flexibility index (Phi) is 9.92. The van der Waals surface area contributed by atoms with Crippen molar-refractivity contribution in [3.8, 4) is 11.5 Å². The summed E-state index contributed by atoms with van der Waals surface area (Å²) in [4.78, 5) is 39.1. The van der Waals surface area contributed by atoms with E-state index in [9.17, 15) is 14.4 Å². The molecule has 188 valence electrons. The van der Waals surface area contributed by atoms with Crippen molar-refractivity contribution in [3.05, 3.63) is 29.5 Å². The molecule has 4 atom stereocenters. The zero-order valence-electron chi connectivity index (χ0n) is 20.9. The first-order valence-corrected chi connectivity index (χ1v) is 11.7. The van der Waals surface area contributed by atoms with Crippen molar-refractivity contribution in [1.82, 2.24) is 16.0 Å². The van der Waals surface area contributed by atoms with Crippen molar-refractivity contribution >= 4 is 23.8 Å². The summed E-state index contributed by atoms with van der Waals surface area (Å²) in [5.74, 6) is -0.125. The molecular formula is C25H38N4O5. The predicted molar refractivity (Wildman–Crippen MR) is 131 cm³/mol. The number of carbonyl (C=O) groups is 3. The molecule has 4 unspecified atom stereocenters. The Morgan fingerprint density at radius 2 is 1.68 bits per heavy atom. The van der Waals surface area contributed by atoms with E-state index < -0.39 is 29.9 Å². The maximum absolute atomic E-state index is 13.2. The van der Waals surface area contributed by atoms with Gasteiger partial charge in [-0.05, 0) is 36.0 Å².